The summed E-state index contributed by atoms with van der Waals surface area (Å²) < 4.78 is 14.4. The molecule has 2 aromatic heterocycles. The summed E-state index contributed by atoms with van der Waals surface area (Å²) in [6.07, 6.45) is 0. The van der Waals surface area contributed by atoms with Crippen molar-refractivity contribution in [3.63, 3.8) is 0 Å². The van der Waals surface area contributed by atoms with Crippen LogP contribution < -0.4 is 20.3 Å². The normalized spacial score (nSPS) is 12.1. The van der Waals surface area contributed by atoms with Crippen LogP contribution >= 0.6 is 0 Å². The smallest absolute Gasteiger partial charge is 0.273 e. The molecule has 1 N–H and O–H groups in total. The second-order valence-corrected chi connectivity index (χ2v) is 7.35. The number of ether oxygens (including phenoxy) is 2. The van der Waals surface area contributed by atoms with Crippen molar-refractivity contribution in [2.75, 3.05) is 14.2 Å². The first-order chi connectivity index (χ1) is 14.9. The van der Waals surface area contributed by atoms with Crippen LogP contribution in [0.5, 0.6) is 11.5 Å². The SMILES string of the molecule is COc1cc2c(cc1OC)n(CC(=O)N[C@H](C)c1ccccc1)n1c(C)cc(=O)nc21. The molecule has 0 aliphatic carbocycles. The van der Waals surface area contributed by atoms with Crippen molar-refractivity contribution >= 4 is 22.5 Å². The highest BCUT2D eigenvalue weighted by atomic mass is 16.5. The van der Waals surface area contributed by atoms with E-state index in [1.165, 1.54) is 6.07 Å². The molecule has 0 aliphatic heterocycles. The largest absolute Gasteiger partial charge is 0.493 e. The fourth-order valence-corrected chi connectivity index (χ4v) is 3.84. The van der Waals surface area contributed by atoms with Crippen LogP contribution in [0, 0.1) is 6.92 Å². The Hall–Kier alpha value is -3.81. The maximum absolute atomic E-state index is 13.0. The topological polar surface area (TPSA) is 86.9 Å². The van der Waals surface area contributed by atoms with Gasteiger partial charge in [0.05, 0.1) is 25.8 Å². The molecule has 2 heterocycles. The van der Waals surface area contributed by atoms with Crippen LogP contribution in [0.3, 0.4) is 0 Å². The zero-order valence-corrected chi connectivity index (χ0v) is 17.9. The maximum Gasteiger partial charge on any atom is 0.273 e. The van der Waals surface area contributed by atoms with Gasteiger partial charge in [-0.05, 0) is 25.5 Å². The van der Waals surface area contributed by atoms with Gasteiger partial charge in [-0.2, -0.15) is 4.98 Å². The van der Waals surface area contributed by atoms with Gasteiger partial charge in [-0.25, -0.2) is 4.52 Å². The average Bonchev–Trinajstić information content (AvgIpc) is 3.05. The standard InChI is InChI=1S/C23H24N4O4/c1-14-10-21(28)25-23-17-11-19(30-3)20(31-4)12-18(17)26(27(14)23)13-22(29)24-15(2)16-8-6-5-7-9-16/h5-12,15H,13H2,1-4H3,(H,24,29)/t15-/m1/s1. The summed E-state index contributed by atoms with van der Waals surface area (Å²) >= 11 is 0. The van der Waals surface area contributed by atoms with E-state index in [1.807, 2.05) is 44.2 Å². The van der Waals surface area contributed by atoms with Crippen LogP contribution in [-0.2, 0) is 11.3 Å². The predicted molar refractivity (Wildman–Crippen MR) is 118 cm³/mol. The Labute approximate surface area is 179 Å². The minimum Gasteiger partial charge on any atom is -0.493 e. The van der Waals surface area contributed by atoms with Gasteiger partial charge >= 0.3 is 0 Å². The van der Waals surface area contributed by atoms with Crippen molar-refractivity contribution in [3.8, 4) is 11.5 Å². The van der Waals surface area contributed by atoms with Gasteiger partial charge < -0.3 is 14.8 Å². The van der Waals surface area contributed by atoms with E-state index in [2.05, 4.69) is 10.3 Å². The van der Waals surface area contributed by atoms with Crippen LogP contribution in [0.25, 0.3) is 16.6 Å². The summed E-state index contributed by atoms with van der Waals surface area (Å²) in [5.41, 5.74) is 2.53. The number of carbonyl (C=O) groups is 1. The number of nitrogens with one attached hydrogen (secondary N) is 1. The summed E-state index contributed by atoms with van der Waals surface area (Å²) in [5, 5.41) is 3.73. The first-order valence-electron chi connectivity index (χ1n) is 9.92. The molecule has 0 unspecified atom stereocenters. The number of hydrogen-bond donors (Lipinski definition) is 1. The molecule has 1 amide bonds. The summed E-state index contributed by atoms with van der Waals surface area (Å²) in [6, 6.07) is 14.6. The highest BCUT2D eigenvalue weighted by Crippen LogP contribution is 2.34. The van der Waals surface area contributed by atoms with Gasteiger partial charge in [-0.1, -0.05) is 30.3 Å². The molecule has 8 nitrogen and oxygen atoms in total. The Morgan fingerprint density at radius 2 is 1.77 bits per heavy atom. The van der Waals surface area contributed by atoms with Gasteiger partial charge in [0.2, 0.25) is 5.91 Å². The highest BCUT2D eigenvalue weighted by Gasteiger charge is 2.20. The Bertz CT molecular complexity index is 1320. The molecular formula is C23H24N4O4. The first kappa shape index (κ1) is 20.5. The van der Waals surface area contributed by atoms with E-state index in [4.69, 9.17) is 9.47 Å². The van der Waals surface area contributed by atoms with E-state index in [9.17, 15) is 9.59 Å². The van der Waals surface area contributed by atoms with E-state index in [0.29, 0.717) is 33.7 Å². The molecule has 0 saturated carbocycles. The highest BCUT2D eigenvalue weighted by molar-refractivity contribution is 5.96. The number of aromatic nitrogens is 3. The number of carbonyl (C=O) groups excluding carboxylic acids is 1. The molecule has 0 saturated heterocycles. The fraction of sp³-hybridized carbons (Fsp3) is 0.261. The molecule has 8 heteroatoms. The van der Waals surface area contributed by atoms with Crippen LogP contribution in [0.15, 0.2) is 53.3 Å². The number of aryl methyl sites for hydroxylation is 1. The molecule has 31 heavy (non-hydrogen) atoms. The van der Waals surface area contributed by atoms with E-state index in [0.717, 1.165) is 5.56 Å². The van der Waals surface area contributed by atoms with Gasteiger partial charge in [-0.3, -0.25) is 14.3 Å². The number of rotatable bonds is 6. The zero-order chi connectivity index (χ0) is 22.1. The number of nitrogens with zero attached hydrogens (tertiary/aromatic N) is 3. The fourth-order valence-electron chi connectivity index (χ4n) is 3.84. The minimum absolute atomic E-state index is 0.0397. The van der Waals surface area contributed by atoms with Crippen LogP contribution in [0.1, 0.15) is 24.2 Å². The van der Waals surface area contributed by atoms with Gasteiger partial charge in [0.15, 0.2) is 17.1 Å². The van der Waals surface area contributed by atoms with E-state index in [1.54, 1.807) is 35.5 Å². The molecule has 0 fully saturated rings. The van der Waals surface area contributed by atoms with Crippen LogP contribution in [-0.4, -0.2) is 34.3 Å². The quantitative estimate of drug-likeness (QED) is 0.518. The van der Waals surface area contributed by atoms with Gasteiger partial charge in [0.1, 0.15) is 6.54 Å². The third kappa shape index (κ3) is 3.72. The van der Waals surface area contributed by atoms with Crippen molar-refractivity contribution in [2.45, 2.75) is 26.4 Å². The third-order valence-corrected chi connectivity index (χ3v) is 5.32. The molecule has 0 aliphatic rings. The van der Waals surface area contributed by atoms with Crippen LogP contribution in [0.2, 0.25) is 0 Å². The van der Waals surface area contributed by atoms with Gasteiger partial charge in [0.25, 0.3) is 5.56 Å². The maximum atomic E-state index is 13.0. The number of benzene rings is 2. The number of fused-ring (bicyclic) bond motifs is 3. The molecule has 4 aromatic rings. The summed E-state index contributed by atoms with van der Waals surface area (Å²) in [5.74, 6) is 0.883. The molecule has 4 rings (SSSR count). The lowest BCUT2D eigenvalue weighted by Gasteiger charge is -2.16. The molecule has 0 spiro atoms. The molecule has 0 bridgehead atoms. The Morgan fingerprint density at radius 3 is 2.45 bits per heavy atom. The lowest BCUT2D eigenvalue weighted by Crippen LogP contribution is -2.31. The lowest BCUT2D eigenvalue weighted by atomic mass is 10.1. The molecule has 2 aromatic carbocycles. The van der Waals surface area contributed by atoms with Crippen molar-refractivity contribution in [2.24, 2.45) is 0 Å². The summed E-state index contributed by atoms with van der Waals surface area (Å²) in [7, 11) is 3.10. The first-order valence-corrected chi connectivity index (χ1v) is 9.92. The molecular weight excluding hydrogens is 396 g/mol. The zero-order valence-electron chi connectivity index (χ0n) is 17.9. The number of methoxy groups -OCH3 is 2. The minimum atomic E-state index is -0.339. The Kier molecular flexibility index (Phi) is 5.37. The second-order valence-electron chi connectivity index (χ2n) is 7.35. The molecule has 0 radical (unpaired) electrons. The van der Waals surface area contributed by atoms with Crippen molar-refractivity contribution in [3.05, 3.63) is 70.1 Å². The van der Waals surface area contributed by atoms with Gasteiger partial charge in [-0.15, -0.1) is 0 Å². The van der Waals surface area contributed by atoms with E-state index >= 15 is 0 Å². The van der Waals surface area contributed by atoms with E-state index in [-0.39, 0.29) is 24.1 Å². The van der Waals surface area contributed by atoms with Crippen molar-refractivity contribution in [1.82, 2.24) is 19.5 Å². The number of amides is 1. The second kappa shape index (κ2) is 8.14. The monoisotopic (exact) mass is 420 g/mol. The average molecular weight is 420 g/mol. The summed E-state index contributed by atoms with van der Waals surface area (Å²) in [4.78, 5) is 29.2. The Morgan fingerprint density at radius 1 is 1.10 bits per heavy atom. The molecule has 1 atom stereocenters. The third-order valence-electron chi connectivity index (χ3n) is 5.32. The van der Waals surface area contributed by atoms with Gasteiger partial charge in [0, 0.05) is 23.2 Å². The predicted octanol–water partition coefficient (Wildman–Crippen LogP) is 2.85. The number of hydrogen-bond acceptors (Lipinski definition) is 5. The lowest BCUT2D eigenvalue weighted by molar-refractivity contribution is -0.122. The van der Waals surface area contributed by atoms with Crippen molar-refractivity contribution in [1.29, 1.82) is 0 Å². The van der Waals surface area contributed by atoms with E-state index < -0.39 is 0 Å². The van der Waals surface area contributed by atoms with Crippen LogP contribution in [0.4, 0.5) is 0 Å². The molecule has 160 valence electrons. The van der Waals surface area contributed by atoms with Crippen molar-refractivity contribution < 1.29 is 14.3 Å². The summed E-state index contributed by atoms with van der Waals surface area (Å²) in [6.45, 7) is 3.79. The Balaban J connectivity index is 1.81.